The number of carbonyl (C=O) groups excluding carboxylic acids is 1. The summed E-state index contributed by atoms with van der Waals surface area (Å²) in [7, 11) is 0. The van der Waals surface area contributed by atoms with Gasteiger partial charge in [-0.05, 0) is 67.9 Å². The van der Waals surface area contributed by atoms with Crippen molar-refractivity contribution in [3.63, 3.8) is 0 Å². The van der Waals surface area contributed by atoms with E-state index in [1.165, 1.54) is 16.7 Å². The molecular weight excluding hydrogens is 460 g/mol. The summed E-state index contributed by atoms with van der Waals surface area (Å²) in [6, 6.07) is 19.1. The number of nitrogens with zero attached hydrogens (tertiary/aromatic N) is 6. The number of aryl methyl sites for hydroxylation is 3. The van der Waals surface area contributed by atoms with Crippen LogP contribution in [0.4, 0.5) is 0 Å². The average Bonchev–Trinajstić information content (AvgIpc) is 3.54. The fourth-order valence-electron chi connectivity index (χ4n) is 5.38. The molecule has 0 bridgehead atoms. The van der Waals surface area contributed by atoms with Crippen molar-refractivity contribution in [3.05, 3.63) is 89.5 Å². The fourth-order valence-corrected chi connectivity index (χ4v) is 5.38. The molecule has 6 rings (SSSR count). The molecule has 0 N–H and O–H groups in total. The van der Waals surface area contributed by atoms with Gasteiger partial charge in [0.25, 0.3) is 0 Å². The van der Waals surface area contributed by atoms with Crippen molar-refractivity contribution < 1.29 is 4.79 Å². The summed E-state index contributed by atoms with van der Waals surface area (Å²) < 4.78 is 3.84. The topological polar surface area (TPSA) is 67.8 Å². The van der Waals surface area contributed by atoms with Crippen molar-refractivity contribution in [3.8, 4) is 11.3 Å². The predicted molar refractivity (Wildman–Crippen MR) is 144 cm³/mol. The van der Waals surface area contributed by atoms with E-state index >= 15 is 0 Å². The van der Waals surface area contributed by atoms with E-state index in [1.54, 1.807) is 0 Å². The second kappa shape index (κ2) is 9.81. The average molecular weight is 493 g/mol. The number of aromatic nitrogens is 5. The Morgan fingerprint density at radius 1 is 0.946 bits per heavy atom. The Morgan fingerprint density at radius 2 is 1.76 bits per heavy atom. The van der Waals surface area contributed by atoms with Crippen LogP contribution in [-0.4, -0.2) is 48.1 Å². The van der Waals surface area contributed by atoms with E-state index in [4.69, 9.17) is 5.10 Å². The zero-order valence-corrected chi connectivity index (χ0v) is 21.5. The number of amides is 1. The molecule has 3 aromatic heterocycles. The molecule has 0 spiro atoms. The van der Waals surface area contributed by atoms with Gasteiger partial charge < -0.3 is 4.90 Å². The number of likely N-dealkylation sites (tertiary alicyclic amines) is 1. The lowest BCUT2D eigenvalue weighted by Crippen LogP contribution is -2.39. The van der Waals surface area contributed by atoms with Gasteiger partial charge in [-0.3, -0.25) is 9.20 Å². The molecule has 188 valence electrons. The van der Waals surface area contributed by atoms with Crippen molar-refractivity contribution in [2.45, 2.75) is 46.0 Å². The molecule has 7 nitrogen and oxygen atoms in total. The van der Waals surface area contributed by atoms with Gasteiger partial charge in [-0.25, -0.2) is 4.52 Å². The lowest BCUT2D eigenvalue weighted by molar-refractivity contribution is -0.132. The minimum Gasteiger partial charge on any atom is -0.343 e. The van der Waals surface area contributed by atoms with Gasteiger partial charge in [0.2, 0.25) is 5.91 Å². The van der Waals surface area contributed by atoms with E-state index in [-0.39, 0.29) is 5.91 Å². The molecule has 0 aliphatic carbocycles. The molecule has 0 saturated carbocycles. The first-order valence-corrected chi connectivity index (χ1v) is 13.2. The van der Waals surface area contributed by atoms with Crippen LogP contribution in [0.25, 0.3) is 22.4 Å². The molecule has 0 atom stereocenters. The Morgan fingerprint density at radius 3 is 2.54 bits per heavy atom. The zero-order valence-electron chi connectivity index (χ0n) is 21.5. The van der Waals surface area contributed by atoms with Crippen molar-refractivity contribution in [2.75, 3.05) is 13.1 Å². The summed E-state index contributed by atoms with van der Waals surface area (Å²) in [4.78, 5) is 15.0. The Bertz CT molecular complexity index is 1560. The van der Waals surface area contributed by atoms with Gasteiger partial charge in [0.1, 0.15) is 11.3 Å². The summed E-state index contributed by atoms with van der Waals surface area (Å²) in [6.07, 6.45) is 8.12. The van der Waals surface area contributed by atoms with Gasteiger partial charge in [0.05, 0.1) is 5.69 Å². The van der Waals surface area contributed by atoms with Crippen LogP contribution in [0.5, 0.6) is 0 Å². The first kappa shape index (κ1) is 23.4. The van der Waals surface area contributed by atoms with Crippen molar-refractivity contribution in [2.24, 2.45) is 5.92 Å². The van der Waals surface area contributed by atoms with Crippen LogP contribution in [-0.2, 0) is 17.6 Å². The minimum absolute atomic E-state index is 0.206. The van der Waals surface area contributed by atoms with E-state index in [0.29, 0.717) is 18.8 Å². The standard InChI is InChI=1S/C30H32N6O/c1-21-8-9-25(18-22(21)2)26-20-27-30-32-31-28(35(30)16-17-36(27)33-26)10-11-29(37)34-14-12-24(13-15-34)19-23-6-4-3-5-7-23/h3-9,16-18,20,24H,10-15,19H2,1-2H3. The van der Waals surface area contributed by atoms with Crippen LogP contribution >= 0.6 is 0 Å². The summed E-state index contributed by atoms with van der Waals surface area (Å²) in [5.41, 5.74) is 7.56. The number of benzene rings is 2. The van der Waals surface area contributed by atoms with Crippen molar-refractivity contribution in [1.82, 2.24) is 29.1 Å². The normalized spacial score (nSPS) is 14.6. The molecule has 1 amide bonds. The van der Waals surface area contributed by atoms with Gasteiger partial charge in [-0.2, -0.15) is 5.10 Å². The lowest BCUT2D eigenvalue weighted by Gasteiger charge is -2.32. The molecule has 5 aromatic rings. The van der Waals surface area contributed by atoms with Gasteiger partial charge >= 0.3 is 0 Å². The van der Waals surface area contributed by atoms with Gasteiger partial charge in [0, 0.05) is 43.9 Å². The third kappa shape index (κ3) is 4.73. The Labute approximate surface area is 216 Å². The number of rotatable bonds is 6. The van der Waals surface area contributed by atoms with E-state index < -0.39 is 0 Å². The number of hydrogen-bond donors (Lipinski definition) is 0. The quantitative estimate of drug-likeness (QED) is 0.332. The highest BCUT2D eigenvalue weighted by molar-refractivity contribution is 5.78. The minimum atomic E-state index is 0.206. The molecule has 1 aliphatic heterocycles. The Hall–Kier alpha value is -4.00. The Kier molecular flexibility index (Phi) is 6.20. The summed E-state index contributed by atoms with van der Waals surface area (Å²) in [5, 5.41) is 13.6. The third-order valence-corrected chi connectivity index (χ3v) is 7.79. The third-order valence-electron chi connectivity index (χ3n) is 7.79. The second-order valence-corrected chi connectivity index (χ2v) is 10.3. The van der Waals surface area contributed by atoms with E-state index in [9.17, 15) is 4.79 Å². The fraction of sp³-hybridized carbons (Fsp3) is 0.333. The number of piperidine rings is 1. The second-order valence-electron chi connectivity index (χ2n) is 10.3. The maximum absolute atomic E-state index is 13.0. The maximum Gasteiger partial charge on any atom is 0.223 e. The highest BCUT2D eigenvalue weighted by atomic mass is 16.2. The van der Waals surface area contributed by atoms with Gasteiger partial charge in [-0.1, -0.05) is 42.5 Å². The largest absolute Gasteiger partial charge is 0.343 e. The molecule has 4 heterocycles. The first-order valence-electron chi connectivity index (χ1n) is 13.2. The number of fused-ring (bicyclic) bond motifs is 3. The van der Waals surface area contributed by atoms with Crippen LogP contribution in [0, 0.1) is 19.8 Å². The van der Waals surface area contributed by atoms with Crippen LogP contribution in [0.3, 0.4) is 0 Å². The summed E-state index contributed by atoms with van der Waals surface area (Å²) >= 11 is 0. The summed E-state index contributed by atoms with van der Waals surface area (Å²) in [6.45, 7) is 5.91. The maximum atomic E-state index is 13.0. The number of carbonyl (C=O) groups is 1. The predicted octanol–water partition coefficient (Wildman–Crippen LogP) is 5.07. The van der Waals surface area contributed by atoms with Crippen LogP contribution < -0.4 is 0 Å². The highest BCUT2D eigenvalue weighted by Crippen LogP contribution is 2.25. The first-order chi connectivity index (χ1) is 18.0. The zero-order chi connectivity index (χ0) is 25.4. The number of hydrogen-bond acceptors (Lipinski definition) is 4. The SMILES string of the molecule is Cc1ccc(-c2cc3c4nnc(CCC(=O)N5CCC(Cc6ccccc6)CC5)n4ccn3n2)cc1C. The van der Waals surface area contributed by atoms with Crippen LogP contribution in [0.1, 0.15) is 41.8 Å². The molecule has 7 heteroatoms. The van der Waals surface area contributed by atoms with E-state index in [2.05, 4.69) is 78.6 Å². The smallest absolute Gasteiger partial charge is 0.223 e. The van der Waals surface area contributed by atoms with Crippen molar-refractivity contribution in [1.29, 1.82) is 0 Å². The Balaban J connectivity index is 1.11. The molecule has 0 unspecified atom stereocenters. The molecule has 2 aromatic carbocycles. The molecule has 1 saturated heterocycles. The van der Waals surface area contributed by atoms with Gasteiger partial charge in [0.15, 0.2) is 5.65 Å². The van der Waals surface area contributed by atoms with Gasteiger partial charge in [-0.15, -0.1) is 10.2 Å². The monoisotopic (exact) mass is 492 g/mol. The van der Waals surface area contributed by atoms with E-state index in [1.807, 2.05) is 26.2 Å². The molecule has 1 fully saturated rings. The molecule has 0 radical (unpaired) electrons. The molecular formula is C30H32N6O. The highest BCUT2D eigenvalue weighted by Gasteiger charge is 2.23. The lowest BCUT2D eigenvalue weighted by atomic mass is 9.90. The molecule has 1 aliphatic rings. The van der Waals surface area contributed by atoms with Crippen LogP contribution in [0.2, 0.25) is 0 Å². The van der Waals surface area contributed by atoms with E-state index in [0.717, 1.165) is 60.6 Å². The summed E-state index contributed by atoms with van der Waals surface area (Å²) in [5.74, 6) is 1.66. The van der Waals surface area contributed by atoms with Crippen molar-refractivity contribution >= 4 is 17.1 Å². The van der Waals surface area contributed by atoms with Crippen LogP contribution in [0.15, 0.2) is 67.0 Å². The molecule has 37 heavy (non-hydrogen) atoms.